The number of halogens is 3. The van der Waals surface area contributed by atoms with E-state index in [4.69, 9.17) is 16.3 Å². The SMILES string of the molecule is OC(CNc1ccc(F)c(Br)c1)COc1cccc(Cl)c1. The summed E-state index contributed by atoms with van der Waals surface area (Å²) in [5.41, 5.74) is 0.713. The molecule has 0 aromatic heterocycles. The Labute approximate surface area is 135 Å². The molecule has 2 rings (SSSR count). The van der Waals surface area contributed by atoms with Gasteiger partial charge >= 0.3 is 0 Å². The van der Waals surface area contributed by atoms with Crippen LogP contribution in [0.3, 0.4) is 0 Å². The lowest BCUT2D eigenvalue weighted by atomic mass is 10.3. The van der Waals surface area contributed by atoms with Crippen LogP contribution in [0.15, 0.2) is 46.9 Å². The average Bonchev–Trinajstić information content (AvgIpc) is 2.46. The molecule has 0 aliphatic heterocycles. The Balaban J connectivity index is 1.79. The molecule has 0 aliphatic rings. The first-order valence-corrected chi connectivity index (χ1v) is 7.47. The topological polar surface area (TPSA) is 41.5 Å². The number of aliphatic hydroxyl groups is 1. The van der Waals surface area contributed by atoms with Gasteiger partial charge in [0.15, 0.2) is 0 Å². The van der Waals surface area contributed by atoms with Gasteiger partial charge in [-0.05, 0) is 52.3 Å². The highest BCUT2D eigenvalue weighted by atomic mass is 79.9. The third-order valence-corrected chi connectivity index (χ3v) is 3.54. The van der Waals surface area contributed by atoms with Gasteiger partial charge in [0, 0.05) is 17.3 Å². The van der Waals surface area contributed by atoms with Crippen LogP contribution in [0.25, 0.3) is 0 Å². The molecule has 0 spiro atoms. The fraction of sp³-hybridized carbons (Fsp3) is 0.200. The van der Waals surface area contributed by atoms with Crippen molar-refractivity contribution in [1.29, 1.82) is 0 Å². The largest absolute Gasteiger partial charge is 0.491 e. The predicted molar refractivity (Wildman–Crippen MR) is 85.5 cm³/mol. The standard InChI is InChI=1S/C15H14BrClFNO2/c16-14-7-11(4-5-15(14)18)19-8-12(20)9-21-13-3-1-2-10(17)6-13/h1-7,12,19-20H,8-9H2. The smallest absolute Gasteiger partial charge is 0.137 e. The zero-order valence-corrected chi connectivity index (χ0v) is 13.4. The molecule has 0 aliphatic carbocycles. The van der Waals surface area contributed by atoms with Crippen LogP contribution in [-0.4, -0.2) is 24.4 Å². The Morgan fingerprint density at radius 1 is 1.29 bits per heavy atom. The molecule has 0 bridgehead atoms. The fourth-order valence-electron chi connectivity index (χ4n) is 1.65. The molecule has 2 aromatic carbocycles. The van der Waals surface area contributed by atoms with Crippen molar-refractivity contribution in [3.63, 3.8) is 0 Å². The minimum Gasteiger partial charge on any atom is -0.491 e. The fourth-order valence-corrected chi connectivity index (χ4v) is 2.21. The van der Waals surface area contributed by atoms with Crippen LogP contribution in [-0.2, 0) is 0 Å². The van der Waals surface area contributed by atoms with Crippen molar-refractivity contribution in [1.82, 2.24) is 0 Å². The van der Waals surface area contributed by atoms with E-state index in [1.807, 2.05) is 0 Å². The maximum Gasteiger partial charge on any atom is 0.137 e. The molecular weight excluding hydrogens is 361 g/mol. The molecule has 1 atom stereocenters. The van der Waals surface area contributed by atoms with E-state index in [9.17, 15) is 9.50 Å². The Morgan fingerprint density at radius 3 is 2.81 bits per heavy atom. The van der Waals surface area contributed by atoms with Crippen LogP contribution >= 0.6 is 27.5 Å². The van der Waals surface area contributed by atoms with Crippen molar-refractivity contribution < 1.29 is 14.2 Å². The summed E-state index contributed by atoms with van der Waals surface area (Å²) >= 11 is 8.95. The zero-order chi connectivity index (χ0) is 15.2. The Bertz CT molecular complexity index is 612. The van der Waals surface area contributed by atoms with Gasteiger partial charge in [0.1, 0.15) is 24.3 Å². The normalized spacial score (nSPS) is 12.0. The van der Waals surface area contributed by atoms with E-state index in [-0.39, 0.29) is 12.4 Å². The van der Waals surface area contributed by atoms with Gasteiger partial charge in [-0.15, -0.1) is 0 Å². The Morgan fingerprint density at radius 2 is 2.10 bits per heavy atom. The van der Waals surface area contributed by atoms with Crippen LogP contribution in [0.2, 0.25) is 5.02 Å². The van der Waals surface area contributed by atoms with Gasteiger partial charge < -0.3 is 15.2 Å². The second-order valence-electron chi connectivity index (χ2n) is 4.43. The van der Waals surface area contributed by atoms with E-state index < -0.39 is 6.10 Å². The van der Waals surface area contributed by atoms with Crippen LogP contribution in [0.4, 0.5) is 10.1 Å². The van der Waals surface area contributed by atoms with E-state index in [1.165, 1.54) is 6.07 Å². The van der Waals surface area contributed by atoms with Crippen molar-refractivity contribution in [2.24, 2.45) is 0 Å². The van der Waals surface area contributed by atoms with Crippen LogP contribution in [0, 0.1) is 5.82 Å². The predicted octanol–water partition coefficient (Wildman–Crippen LogP) is 4.09. The van der Waals surface area contributed by atoms with E-state index in [0.29, 0.717) is 27.5 Å². The average molecular weight is 375 g/mol. The molecule has 6 heteroatoms. The highest BCUT2D eigenvalue weighted by molar-refractivity contribution is 9.10. The van der Waals surface area contributed by atoms with E-state index in [1.54, 1.807) is 36.4 Å². The molecule has 21 heavy (non-hydrogen) atoms. The number of anilines is 1. The summed E-state index contributed by atoms with van der Waals surface area (Å²) < 4.78 is 18.9. The summed E-state index contributed by atoms with van der Waals surface area (Å²) in [5, 5.41) is 13.4. The summed E-state index contributed by atoms with van der Waals surface area (Å²) in [6.07, 6.45) is -0.701. The molecule has 0 fully saturated rings. The summed E-state index contributed by atoms with van der Waals surface area (Å²) in [5.74, 6) is 0.275. The lowest BCUT2D eigenvalue weighted by Crippen LogP contribution is -2.26. The van der Waals surface area contributed by atoms with Gasteiger partial charge in [-0.2, -0.15) is 0 Å². The van der Waals surface area contributed by atoms with Gasteiger partial charge in [0.05, 0.1) is 4.47 Å². The third-order valence-electron chi connectivity index (χ3n) is 2.70. The van der Waals surface area contributed by atoms with Crippen molar-refractivity contribution in [3.05, 3.63) is 57.8 Å². The van der Waals surface area contributed by atoms with Crippen molar-refractivity contribution in [2.75, 3.05) is 18.5 Å². The van der Waals surface area contributed by atoms with Crippen LogP contribution in [0.5, 0.6) is 5.75 Å². The van der Waals surface area contributed by atoms with Crippen molar-refractivity contribution >= 4 is 33.2 Å². The summed E-state index contributed by atoms with van der Waals surface area (Å²) in [7, 11) is 0. The second-order valence-corrected chi connectivity index (χ2v) is 5.72. The number of rotatable bonds is 6. The van der Waals surface area contributed by atoms with E-state index in [2.05, 4.69) is 21.2 Å². The van der Waals surface area contributed by atoms with Gasteiger partial charge in [0.25, 0.3) is 0 Å². The van der Waals surface area contributed by atoms with Crippen LogP contribution < -0.4 is 10.1 Å². The first-order chi connectivity index (χ1) is 10.0. The van der Waals surface area contributed by atoms with Gasteiger partial charge in [-0.1, -0.05) is 17.7 Å². The van der Waals surface area contributed by atoms with E-state index in [0.717, 1.165) is 0 Å². The highest BCUT2D eigenvalue weighted by Gasteiger charge is 2.07. The molecule has 0 heterocycles. The molecule has 2 aromatic rings. The molecule has 112 valence electrons. The third kappa shape index (κ3) is 5.19. The number of nitrogens with one attached hydrogen (secondary N) is 1. The quantitative estimate of drug-likeness (QED) is 0.800. The van der Waals surface area contributed by atoms with Crippen LogP contribution in [0.1, 0.15) is 0 Å². The minimum absolute atomic E-state index is 0.135. The van der Waals surface area contributed by atoms with Crippen molar-refractivity contribution in [2.45, 2.75) is 6.10 Å². The second kappa shape index (κ2) is 7.64. The molecule has 3 nitrogen and oxygen atoms in total. The lowest BCUT2D eigenvalue weighted by Gasteiger charge is -2.14. The first-order valence-electron chi connectivity index (χ1n) is 6.30. The summed E-state index contributed by atoms with van der Waals surface area (Å²) in [6, 6.07) is 11.5. The summed E-state index contributed by atoms with van der Waals surface area (Å²) in [4.78, 5) is 0. The Hall–Kier alpha value is -1.30. The number of hydrogen-bond acceptors (Lipinski definition) is 3. The zero-order valence-electron chi connectivity index (χ0n) is 11.0. The molecule has 0 amide bonds. The maximum atomic E-state index is 13.1. The van der Waals surface area contributed by atoms with E-state index >= 15 is 0 Å². The Kier molecular flexibility index (Phi) is 5.85. The van der Waals surface area contributed by atoms with Gasteiger partial charge in [-0.3, -0.25) is 0 Å². The number of ether oxygens (including phenoxy) is 1. The molecule has 0 saturated heterocycles. The van der Waals surface area contributed by atoms with Gasteiger partial charge in [-0.25, -0.2) is 4.39 Å². The summed E-state index contributed by atoms with van der Waals surface area (Å²) in [6.45, 7) is 0.425. The van der Waals surface area contributed by atoms with Crippen molar-refractivity contribution in [3.8, 4) is 5.75 Å². The molecular formula is C15H14BrClFNO2. The molecule has 0 radical (unpaired) electrons. The monoisotopic (exact) mass is 373 g/mol. The molecule has 0 saturated carbocycles. The number of benzene rings is 2. The highest BCUT2D eigenvalue weighted by Crippen LogP contribution is 2.20. The molecule has 1 unspecified atom stereocenters. The van der Waals surface area contributed by atoms with Gasteiger partial charge in [0.2, 0.25) is 0 Å². The minimum atomic E-state index is -0.701. The molecule has 2 N–H and O–H groups in total. The number of aliphatic hydroxyl groups excluding tert-OH is 1. The number of hydrogen-bond donors (Lipinski definition) is 2. The first kappa shape index (κ1) is 16.1. The lowest BCUT2D eigenvalue weighted by molar-refractivity contribution is 0.117. The maximum absolute atomic E-state index is 13.1.